The summed E-state index contributed by atoms with van der Waals surface area (Å²) in [6.45, 7) is 10.5. The minimum absolute atomic E-state index is 0.237. The van der Waals surface area contributed by atoms with Crippen molar-refractivity contribution in [3.8, 4) is 0 Å². The number of amides is 1. The second-order valence-corrected chi connectivity index (χ2v) is 6.31. The smallest absolute Gasteiger partial charge is 0.411 e. The average Bonchev–Trinajstić information content (AvgIpc) is 2.63. The number of nitrogens with zero attached hydrogens (tertiary/aromatic N) is 1. The summed E-state index contributed by atoms with van der Waals surface area (Å²) in [4.78, 5) is 17.3. The fourth-order valence-corrected chi connectivity index (χ4v) is 2.47. The standard InChI is InChI=1S/C14H22N2O2/c1-13(2,3)18-12(17)16-9-7-11-10(6-8-15-11)14(16,4)5/h6,8,15H,7,9H2,1-5H3. The van der Waals surface area contributed by atoms with Gasteiger partial charge in [-0.3, -0.25) is 4.90 Å². The molecule has 1 amide bonds. The third-order valence-electron chi connectivity index (χ3n) is 3.37. The molecule has 0 atom stereocenters. The Hall–Kier alpha value is -1.45. The lowest BCUT2D eigenvalue weighted by Gasteiger charge is -2.42. The van der Waals surface area contributed by atoms with Gasteiger partial charge in [0.05, 0.1) is 5.54 Å². The van der Waals surface area contributed by atoms with Crippen molar-refractivity contribution in [2.24, 2.45) is 0 Å². The second kappa shape index (κ2) is 4.04. The Bertz CT molecular complexity index is 455. The molecule has 1 aliphatic rings. The van der Waals surface area contributed by atoms with Crippen molar-refractivity contribution in [3.05, 3.63) is 23.5 Å². The summed E-state index contributed by atoms with van der Waals surface area (Å²) >= 11 is 0. The van der Waals surface area contributed by atoms with Gasteiger partial charge in [-0.1, -0.05) is 0 Å². The van der Waals surface area contributed by atoms with E-state index in [2.05, 4.69) is 18.8 Å². The molecule has 1 N–H and O–H groups in total. The maximum Gasteiger partial charge on any atom is 0.411 e. The van der Waals surface area contributed by atoms with Crippen LogP contribution in [0.4, 0.5) is 4.79 Å². The summed E-state index contributed by atoms with van der Waals surface area (Å²) in [5, 5.41) is 0. The summed E-state index contributed by atoms with van der Waals surface area (Å²) in [7, 11) is 0. The van der Waals surface area contributed by atoms with Crippen molar-refractivity contribution in [2.75, 3.05) is 6.54 Å². The molecule has 0 unspecified atom stereocenters. The second-order valence-electron chi connectivity index (χ2n) is 6.31. The van der Waals surface area contributed by atoms with Crippen LogP contribution in [0.1, 0.15) is 45.9 Å². The van der Waals surface area contributed by atoms with Gasteiger partial charge >= 0.3 is 6.09 Å². The van der Waals surface area contributed by atoms with Crippen molar-refractivity contribution in [1.82, 2.24) is 9.88 Å². The Morgan fingerprint density at radius 1 is 1.44 bits per heavy atom. The number of ether oxygens (including phenoxy) is 1. The molecule has 18 heavy (non-hydrogen) atoms. The number of nitrogens with one attached hydrogen (secondary N) is 1. The van der Waals surface area contributed by atoms with Crippen molar-refractivity contribution in [2.45, 2.75) is 52.2 Å². The SMILES string of the molecule is CC(C)(C)OC(=O)N1CCc2[nH]ccc2C1(C)C. The summed E-state index contributed by atoms with van der Waals surface area (Å²) in [6, 6.07) is 2.05. The molecule has 4 nitrogen and oxygen atoms in total. The monoisotopic (exact) mass is 250 g/mol. The molecule has 0 spiro atoms. The summed E-state index contributed by atoms with van der Waals surface area (Å²) < 4.78 is 5.48. The molecule has 0 fully saturated rings. The van der Waals surface area contributed by atoms with Gasteiger partial charge in [-0.2, -0.15) is 0 Å². The number of aromatic amines is 1. The van der Waals surface area contributed by atoms with Gasteiger partial charge in [0.1, 0.15) is 5.60 Å². The van der Waals surface area contributed by atoms with Gasteiger partial charge in [-0.15, -0.1) is 0 Å². The van der Waals surface area contributed by atoms with Crippen LogP contribution in [0, 0.1) is 0 Å². The molecule has 1 aromatic heterocycles. The van der Waals surface area contributed by atoms with Crippen LogP contribution in [0.2, 0.25) is 0 Å². The van der Waals surface area contributed by atoms with E-state index in [9.17, 15) is 4.79 Å². The summed E-state index contributed by atoms with van der Waals surface area (Å²) in [6.07, 6.45) is 2.55. The first-order valence-electron chi connectivity index (χ1n) is 6.39. The third kappa shape index (κ3) is 2.24. The fourth-order valence-electron chi connectivity index (χ4n) is 2.47. The van der Waals surface area contributed by atoms with Crippen molar-refractivity contribution >= 4 is 6.09 Å². The van der Waals surface area contributed by atoms with E-state index < -0.39 is 5.60 Å². The Morgan fingerprint density at radius 3 is 2.72 bits per heavy atom. The van der Waals surface area contributed by atoms with Crippen LogP contribution >= 0.6 is 0 Å². The van der Waals surface area contributed by atoms with E-state index >= 15 is 0 Å². The van der Waals surface area contributed by atoms with Gasteiger partial charge in [0.2, 0.25) is 0 Å². The van der Waals surface area contributed by atoms with E-state index in [0.717, 1.165) is 6.42 Å². The molecule has 1 aliphatic heterocycles. The Kier molecular flexibility index (Phi) is 2.92. The highest BCUT2D eigenvalue weighted by Crippen LogP contribution is 2.35. The van der Waals surface area contributed by atoms with E-state index in [1.807, 2.05) is 37.9 Å². The highest BCUT2D eigenvalue weighted by atomic mass is 16.6. The zero-order valence-corrected chi connectivity index (χ0v) is 11.8. The summed E-state index contributed by atoms with van der Waals surface area (Å²) in [5.41, 5.74) is 1.63. The van der Waals surface area contributed by atoms with Gasteiger partial charge in [0.25, 0.3) is 0 Å². The van der Waals surface area contributed by atoms with E-state index in [1.54, 1.807) is 0 Å². The topological polar surface area (TPSA) is 45.3 Å². The van der Waals surface area contributed by atoms with Crippen LogP contribution in [0.5, 0.6) is 0 Å². The molecule has 0 bridgehead atoms. The van der Waals surface area contributed by atoms with Gasteiger partial charge in [0.15, 0.2) is 0 Å². The number of carbonyl (C=O) groups excluding carboxylic acids is 1. The average molecular weight is 250 g/mol. The number of H-pyrrole nitrogens is 1. The van der Waals surface area contributed by atoms with Crippen LogP contribution in [-0.4, -0.2) is 28.1 Å². The minimum Gasteiger partial charge on any atom is -0.444 e. The lowest BCUT2D eigenvalue weighted by atomic mass is 9.88. The van der Waals surface area contributed by atoms with E-state index in [-0.39, 0.29) is 11.6 Å². The molecule has 100 valence electrons. The predicted octanol–water partition coefficient (Wildman–Crippen LogP) is 3.04. The van der Waals surface area contributed by atoms with Crippen molar-refractivity contribution < 1.29 is 9.53 Å². The molecular formula is C14H22N2O2. The third-order valence-corrected chi connectivity index (χ3v) is 3.37. The number of carbonyl (C=O) groups is 1. The number of rotatable bonds is 0. The van der Waals surface area contributed by atoms with Crippen LogP contribution < -0.4 is 0 Å². The highest BCUT2D eigenvalue weighted by molar-refractivity contribution is 5.70. The van der Waals surface area contributed by atoms with Crippen LogP contribution in [0.25, 0.3) is 0 Å². The van der Waals surface area contributed by atoms with Crippen LogP contribution in [-0.2, 0) is 16.7 Å². The zero-order valence-electron chi connectivity index (χ0n) is 11.8. The van der Waals surface area contributed by atoms with Gasteiger partial charge in [-0.05, 0) is 46.2 Å². The van der Waals surface area contributed by atoms with Crippen molar-refractivity contribution in [3.63, 3.8) is 0 Å². The molecule has 0 radical (unpaired) electrons. The first kappa shape index (κ1) is 13.0. The molecule has 1 aromatic rings. The number of hydrogen-bond donors (Lipinski definition) is 1. The largest absolute Gasteiger partial charge is 0.444 e. The molecule has 4 heteroatoms. The Balaban J connectivity index is 2.24. The fraction of sp³-hybridized carbons (Fsp3) is 0.643. The Morgan fingerprint density at radius 2 is 2.11 bits per heavy atom. The lowest BCUT2D eigenvalue weighted by Crippen LogP contribution is -2.51. The number of fused-ring (bicyclic) bond motifs is 1. The Labute approximate surface area is 108 Å². The first-order valence-corrected chi connectivity index (χ1v) is 6.39. The molecular weight excluding hydrogens is 228 g/mol. The quantitative estimate of drug-likeness (QED) is 0.769. The molecule has 0 saturated carbocycles. The maximum atomic E-state index is 12.3. The molecule has 2 heterocycles. The minimum atomic E-state index is -0.453. The van der Waals surface area contributed by atoms with E-state index in [1.165, 1.54) is 11.3 Å². The highest BCUT2D eigenvalue weighted by Gasteiger charge is 2.39. The molecule has 0 aliphatic carbocycles. The lowest BCUT2D eigenvalue weighted by molar-refractivity contribution is -0.000368. The number of hydrogen-bond acceptors (Lipinski definition) is 2. The molecule has 0 saturated heterocycles. The van der Waals surface area contributed by atoms with E-state index in [0.29, 0.717) is 6.54 Å². The van der Waals surface area contributed by atoms with Gasteiger partial charge in [-0.25, -0.2) is 4.79 Å². The van der Waals surface area contributed by atoms with Crippen molar-refractivity contribution in [1.29, 1.82) is 0 Å². The van der Waals surface area contributed by atoms with Gasteiger partial charge in [0, 0.05) is 24.9 Å². The number of aromatic nitrogens is 1. The van der Waals surface area contributed by atoms with Crippen LogP contribution in [0.15, 0.2) is 12.3 Å². The molecule has 0 aromatic carbocycles. The van der Waals surface area contributed by atoms with Gasteiger partial charge < -0.3 is 9.72 Å². The molecule has 2 rings (SSSR count). The maximum absolute atomic E-state index is 12.3. The van der Waals surface area contributed by atoms with E-state index in [4.69, 9.17) is 4.74 Å². The predicted molar refractivity (Wildman–Crippen MR) is 70.5 cm³/mol. The van der Waals surface area contributed by atoms with Crippen LogP contribution in [0.3, 0.4) is 0 Å². The summed E-state index contributed by atoms with van der Waals surface area (Å²) in [5.74, 6) is 0. The zero-order chi connectivity index (χ0) is 13.6. The normalized spacial score (nSPS) is 18.4. The first-order chi connectivity index (χ1) is 8.22.